The lowest BCUT2D eigenvalue weighted by molar-refractivity contribution is 0.0449. The van der Waals surface area contributed by atoms with Gasteiger partial charge in [-0.15, -0.1) is 0 Å². The first kappa shape index (κ1) is 13.0. The average Bonchev–Trinajstić information content (AvgIpc) is 2.74. The predicted molar refractivity (Wildman–Crippen MR) is 69.5 cm³/mol. The van der Waals surface area contributed by atoms with Gasteiger partial charge in [0.1, 0.15) is 0 Å². The first-order valence-corrected chi connectivity index (χ1v) is 6.45. The zero-order chi connectivity index (χ0) is 13.2. The molecular weight excluding hydrogens is 228 g/mol. The number of rotatable bonds is 3. The number of amides is 1. The highest BCUT2D eigenvalue weighted by molar-refractivity contribution is 5.95. The smallest absolute Gasteiger partial charge is 0.253 e. The molecule has 1 aromatic rings. The molecule has 0 unspecified atom stereocenters. The molecule has 0 radical (unpaired) electrons. The molecule has 1 fully saturated rings. The van der Waals surface area contributed by atoms with Crippen molar-refractivity contribution < 1.29 is 9.90 Å². The molecule has 1 aromatic heterocycles. The SMILES string of the molecule is Cc1ccc(C(=O)NCC2(O)CCCC2)c(C)n1. The van der Waals surface area contributed by atoms with Gasteiger partial charge in [-0.2, -0.15) is 0 Å². The minimum atomic E-state index is -0.707. The number of pyridine rings is 1. The third kappa shape index (κ3) is 2.88. The van der Waals surface area contributed by atoms with Crippen molar-refractivity contribution in [3.63, 3.8) is 0 Å². The van der Waals surface area contributed by atoms with Gasteiger partial charge < -0.3 is 10.4 Å². The molecule has 18 heavy (non-hydrogen) atoms. The van der Waals surface area contributed by atoms with Crippen molar-refractivity contribution in [1.82, 2.24) is 10.3 Å². The van der Waals surface area contributed by atoms with E-state index in [4.69, 9.17) is 0 Å². The number of hydrogen-bond acceptors (Lipinski definition) is 3. The Morgan fingerprint density at radius 2 is 2.06 bits per heavy atom. The van der Waals surface area contributed by atoms with Crippen LogP contribution in [-0.4, -0.2) is 28.1 Å². The molecule has 0 aromatic carbocycles. The maximum Gasteiger partial charge on any atom is 0.253 e. The highest BCUT2D eigenvalue weighted by Gasteiger charge is 2.31. The second kappa shape index (κ2) is 5.06. The van der Waals surface area contributed by atoms with Crippen LogP contribution in [0.3, 0.4) is 0 Å². The molecule has 1 aliphatic carbocycles. The van der Waals surface area contributed by atoms with Gasteiger partial charge in [0.25, 0.3) is 5.91 Å². The number of aryl methyl sites for hydroxylation is 2. The summed E-state index contributed by atoms with van der Waals surface area (Å²) in [6.07, 6.45) is 3.63. The van der Waals surface area contributed by atoms with Crippen LogP contribution in [0.5, 0.6) is 0 Å². The number of hydrogen-bond donors (Lipinski definition) is 2. The lowest BCUT2D eigenvalue weighted by Gasteiger charge is -2.22. The molecule has 0 bridgehead atoms. The maximum absolute atomic E-state index is 12.0. The molecule has 2 N–H and O–H groups in total. The van der Waals surface area contributed by atoms with Crippen LogP contribution in [0, 0.1) is 13.8 Å². The molecule has 1 amide bonds. The zero-order valence-corrected chi connectivity index (χ0v) is 11.0. The van der Waals surface area contributed by atoms with E-state index in [0.29, 0.717) is 12.1 Å². The van der Waals surface area contributed by atoms with Gasteiger partial charge in [-0.1, -0.05) is 12.8 Å². The van der Waals surface area contributed by atoms with Crippen molar-refractivity contribution in [3.05, 3.63) is 29.1 Å². The topological polar surface area (TPSA) is 62.2 Å². The molecule has 1 aliphatic rings. The number of carbonyl (C=O) groups is 1. The summed E-state index contributed by atoms with van der Waals surface area (Å²) in [7, 11) is 0. The number of carbonyl (C=O) groups excluding carboxylic acids is 1. The van der Waals surface area contributed by atoms with Gasteiger partial charge in [0.2, 0.25) is 0 Å². The Balaban J connectivity index is 1.99. The summed E-state index contributed by atoms with van der Waals surface area (Å²) in [4.78, 5) is 16.3. The molecule has 2 rings (SSSR count). The molecule has 4 nitrogen and oxygen atoms in total. The molecule has 0 spiro atoms. The van der Waals surface area contributed by atoms with Crippen LogP contribution in [0.2, 0.25) is 0 Å². The summed E-state index contributed by atoms with van der Waals surface area (Å²) in [6.45, 7) is 4.06. The average molecular weight is 248 g/mol. The van der Waals surface area contributed by atoms with Crippen LogP contribution in [0.25, 0.3) is 0 Å². The van der Waals surface area contributed by atoms with Crippen molar-refractivity contribution in [3.8, 4) is 0 Å². The van der Waals surface area contributed by atoms with Gasteiger partial charge in [-0.25, -0.2) is 0 Å². The third-order valence-corrected chi connectivity index (χ3v) is 3.58. The van der Waals surface area contributed by atoms with Crippen LogP contribution in [0.15, 0.2) is 12.1 Å². The summed E-state index contributed by atoms with van der Waals surface area (Å²) in [5, 5.41) is 13.0. The lowest BCUT2D eigenvalue weighted by Crippen LogP contribution is -2.41. The summed E-state index contributed by atoms with van der Waals surface area (Å²) in [5.74, 6) is -0.152. The lowest BCUT2D eigenvalue weighted by atomic mass is 10.0. The molecule has 0 atom stereocenters. The molecular formula is C14H20N2O2. The Bertz CT molecular complexity index is 451. The summed E-state index contributed by atoms with van der Waals surface area (Å²) >= 11 is 0. The van der Waals surface area contributed by atoms with Crippen LogP contribution in [0.1, 0.15) is 47.4 Å². The van der Waals surface area contributed by atoms with Crippen LogP contribution in [0.4, 0.5) is 0 Å². The minimum Gasteiger partial charge on any atom is -0.388 e. The van der Waals surface area contributed by atoms with E-state index >= 15 is 0 Å². The van der Waals surface area contributed by atoms with E-state index in [9.17, 15) is 9.90 Å². The standard InChI is InChI=1S/C14H20N2O2/c1-10-5-6-12(11(2)16-10)13(17)15-9-14(18)7-3-4-8-14/h5-6,18H,3-4,7-9H2,1-2H3,(H,15,17). The molecule has 0 aliphatic heterocycles. The fourth-order valence-corrected chi connectivity index (χ4v) is 2.48. The number of aliphatic hydroxyl groups is 1. The monoisotopic (exact) mass is 248 g/mol. The van der Waals surface area contributed by atoms with E-state index in [-0.39, 0.29) is 5.91 Å². The Kier molecular flexibility index (Phi) is 3.66. The molecule has 98 valence electrons. The van der Waals surface area contributed by atoms with Crippen molar-refractivity contribution >= 4 is 5.91 Å². The first-order valence-electron chi connectivity index (χ1n) is 6.45. The van der Waals surface area contributed by atoms with Crippen molar-refractivity contribution in [2.24, 2.45) is 0 Å². The van der Waals surface area contributed by atoms with E-state index in [1.165, 1.54) is 0 Å². The second-order valence-electron chi connectivity index (χ2n) is 5.20. The van der Waals surface area contributed by atoms with E-state index in [2.05, 4.69) is 10.3 Å². The van der Waals surface area contributed by atoms with Gasteiger partial charge in [0.15, 0.2) is 0 Å². The number of aromatic nitrogens is 1. The largest absolute Gasteiger partial charge is 0.388 e. The Labute approximate surface area is 107 Å². The molecule has 1 saturated carbocycles. The van der Waals surface area contributed by atoms with E-state index < -0.39 is 5.60 Å². The number of nitrogens with one attached hydrogen (secondary N) is 1. The van der Waals surface area contributed by atoms with Crippen molar-refractivity contribution in [2.75, 3.05) is 6.54 Å². The third-order valence-electron chi connectivity index (χ3n) is 3.58. The van der Waals surface area contributed by atoms with Crippen LogP contribution >= 0.6 is 0 Å². The fraction of sp³-hybridized carbons (Fsp3) is 0.571. The fourth-order valence-electron chi connectivity index (χ4n) is 2.48. The molecule has 0 saturated heterocycles. The highest BCUT2D eigenvalue weighted by Crippen LogP contribution is 2.28. The van der Waals surface area contributed by atoms with Gasteiger partial charge >= 0.3 is 0 Å². The second-order valence-corrected chi connectivity index (χ2v) is 5.20. The Hall–Kier alpha value is -1.42. The normalized spacial score (nSPS) is 17.7. The quantitative estimate of drug-likeness (QED) is 0.856. The van der Waals surface area contributed by atoms with Gasteiger partial charge in [0, 0.05) is 12.2 Å². The van der Waals surface area contributed by atoms with Crippen molar-refractivity contribution in [1.29, 1.82) is 0 Å². The summed E-state index contributed by atoms with van der Waals surface area (Å²) < 4.78 is 0. The first-order chi connectivity index (χ1) is 8.50. The van der Waals surface area contributed by atoms with E-state index in [0.717, 1.165) is 37.1 Å². The van der Waals surface area contributed by atoms with Crippen LogP contribution < -0.4 is 5.32 Å². The summed E-state index contributed by atoms with van der Waals surface area (Å²) in [5.41, 5.74) is 1.51. The van der Waals surface area contributed by atoms with Gasteiger partial charge in [0.05, 0.1) is 16.9 Å². The highest BCUT2D eigenvalue weighted by atomic mass is 16.3. The molecule has 4 heteroatoms. The summed E-state index contributed by atoms with van der Waals surface area (Å²) in [6, 6.07) is 3.61. The van der Waals surface area contributed by atoms with E-state index in [1.54, 1.807) is 6.07 Å². The van der Waals surface area contributed by atoms with E-state index in [1.807, 2.05) is 19.9 Å². The Morgan fingerprint density at radius 3 is 2.67 bits per heavy atom. The molecule has 1 heterocycles. The minimum absolute atomic E-state index is 0.152. The maximum atomic E-state index is 12.0. The predicted octanol–water partition coefficient (Wildman–Crippen LogP) is 1.73. The zero-order valence-electron chi connectivity index (χ0n) is 11.0. The number of nitrogens with zero attached hydrogens (tertiary/aromatic N) is 1. The Morgan fingerprint density at radius 1 is 1.39 bits per heavy atom. The van der Waals surface area contributed by atoms with Gasteiger partial charge in [-0.3, -0.25) is 9.78 Å². The van der Waals surface area contributed by atoms with Crippen molar-refractivity contribution in [2.45, 2.75) is 45.1 Å². The van der Waals surface area contributed by atoms with Crippen LogP contribution in [-0.2, 0) is 0 Å². The van der Waals surface area contributed by atoms with Gasteiger partial charge in [-0.05, 0) is 38.8 Å².